The van der Waals surface area contributed by atoms with Gasteiger partial charge in [0.2, 0.25) is 5.91 Å². The predicted octanol–water partition coefficient (Wildman–Crippen LogP) is -11.9. The van der Waals surface area contributed by atoms with Crippen LogP contribution >= 0.6 is 0 Å². The number of rotatable bonds is 18. The Bertz CT molecular complexity index is 1310. The van der Waals surface area contributed by atoms with Crippen molar-refractivity contribution in [2.45, 2.75) is 154 Å². The molecule has 0 aromatic rings. The van der Waals surface area contributed by atoms with Crippen molar-refractivity contribution in [3.05, 3.63) is 0 Å². The minimum Gasteiger partial charge on any atom is -0.394 e. The third-order valence-corrected chi connectivity index (χ3v) is 10.3. The van der Waals surface area contributed by atoms with Crippen molar-refractivity contribution in [1.82, 2.24) is 5.32 Å². The molecule has 24 atom stereocenters. The molecule has 0 aromatic heterocycles. The molecule has 4 aliphatic heterocycles. The second kappa shape index (κ2) is 22.0. The first-order valence-electron chi connectivity index (χ1n) is 18.4. The molecule has 0 aliphatic carbocycles. The largest absolute Gasteiger partial charge is 0.394 e. The molecule has 0 aromatic carbocycles. The normalized spacial score (nSPS) is 45.2. The first-order chi connectivity index (χ1) is 27.9. The second-order valence-corrected chi connectivity index (χ2v) is 14.3. The van der Waals surface area contributed by atoms with Gasteiger partial charge in [0.15, 0.2) is 31.4 Å². The van der Waals surface area contributed by atoms with Crippen molar-refractivity contribution in [2.24, 2.45) is 0 Å². The molecule has 0 spiro atoms. The van der Waals surface area contributed by atoms with Crippen LogP contribution in [0.1, 0.15) is 6.92 Å². The summed E-state index contributed by atoms with van der Waals surface area (Å²) in [4.78, 5) is 23.5. The van der Waals surface area contributed by atoms with Crippen molar-refractivity contribution in [3.63, 3.8) is 0 Å². The maximum Gasteiger partial charge on any atom is 0.217 e. The predicted molar refractivity (Wildman–Crippen MR) is 179 cm³/mol. The molecular weight excluding hydrogens is 814 g/mol. The van der Waals surface area contributed by atoms with E-state index in [0.29, 0.717) is 0 Å². The third-order valence-electron chi connectivity index (χ3n) is 10.3. The Morgan fingerprint density at radius 1 is 0.576 bits per heavy atom. The molecule has 0 radical (unpaired) electrons. The maximum atomic E-state index is 12.4. The highest BCUT2D eigenvalue weighted by Gasteiger charge is 2.56. The molecule has 17 N–H and O–H groups in total. The lowest BCUT2D eigenvalue weighted by atomic mass is 9.94. The van der Waals surface area contributed by atoms with E-state index < -0.39 is 186 Å². The second-order valence-electron chi connectivity index (χ2n) is 14.3. The van der Waals surface area contributed by atoms with Gasteiger partial charge in [0, 0.05) is 6.92 Å². The van der Waals surface area contributed by atoms with Crippen LogP contribution in [0.15, 0.2) is 0 Å². The lowest BCUT2D eigenvalue weighted by Gasteiger charge is -2.50. The maximum absolute atomic E-state index is 12.4. The van der Waals surface area contributed by atoms with E-state index in [9.17, 15) is 91.3 Å². The van der Waals surface area contributed by atoms with Crippen LogP contribution in [0.4, 0.5) is 0 Å². The van der Waals surface area contributed by atoms with Crippen molar-refractivity contribution in [2.75, 3.05) is 33.0 Å². The average Bonchev–Trinajstić information content (AvgIpc) is 3.22. The summed E-state index contributed by atoms with van der Waals surface area (Å²) in [5.41, 5.74) is 0. The van der Waals surface area contributed by atoms with Crippen LogP contribution in [0.2, 0.25) is 0 Å². The van der Waals surface area contributed by atoms with Crippen LogP contribution in [0, 0.1) is 0 Å². The van der Waals surface area contributed by atoms with Gasteiger partial charge in [-0.15, -0.1) is 0 Å². The van der Waals surface area contributed by atoms with E-state index >= 15 is 0 Å². The molecule has 0 saturated carbocycles. The lowest BCUT2D eigenvalue weighted by Crippen LogP contribution is -2.70. The Morgan fingerprint density at radius 2 is 1.02 bits per heavy atom. The number of ether oxygens (including phenoxy) is 8. The number of hydrogen-bond acceptors (Lipinski definition) is 26. The Labute approximate surface area is 334 Å². The van der Waals surface area contributed by atoms with Crippen molar-refractivity contribution < 1.29 is 129 Å². The quantitative estimate of drug-likeness (QED) is 0.0569. The van der Waals surface area contributed by atoms with Crippen LogP contribution in [-0.2, 0) is 47.5 Å². The van der Waals surface area contributed by atoms with Gasteiger partial charge in [0.05, 0.1) is 33.0 Å². The highest BCUT2D eigenvalue weighted by atomic mass is 16.8. The minimum absolute atomic E-state index is 0.121. The van der Waals surface area contributed by atoms with Crippen LogP contribution in [0.3, 0.4) is 0 Å². The summed E-state index contributed by atoms with van der Waals surface area (Å²) in [5, 5.41) is 169. The fraction of sp³-hybridized carbons (Fsp3) is 0.938. The average molecular weight is 870 g/mol. The first-order valence-corrected chi connectivity index (χ1v) is 18.4. The van der Waals surface area contributed by atoms with E-state index in [1.165, 1.54) is 0 Å². The van der Waals surface area contributed by atoms with Gasteiger partial charge in [-0.3, -0.25) is 4.79 Å². The van der Waals surface area contributed by atoms with Crippen LogP contribution in [0.25, 0.3) is 0 Å². The monoisotopic (exact) mass is 869 g/mol. The molecule has 27 heteroatoms. The number of hydrogen-bond donors (Lipinski definition) is 17. The van der Waals surface area contributed by atoms with E-state index in [-0.39, 0.29) is 6.29 Å². The molecule has 4 rings (SSSR count). The number of aliphatic hydroxyl groups is 16. The smallest absolute Gasteiger partial charge is 0.217 e. The number of amides is 1. The van der Waals surface area contributed by atoms with Gasteiger partial charge < -0.3 is 130 Å². The summed E-state index contributed by atoms with van der Waals surface area (Å²) < 4.78 is 44.5. The van der Waals surface area contributed by atoms with Gasteiger partial charge in [-0.25, -0.2) is 0 Å². The van der Waals surface area contributed by atoms with Gasteiger partial charge in [-0.2, -0.15) is 0 Å². The molecule has 344 valence electrons. The summed E-state index contributed by atoms with van der Waals surface area (Å²) in [6.07, 6.45) is -44.6. The topological polar surface area (TPSA) is 444 Å². The zero-order valence-corrected chi connectivity index (χ0v) is 31.2. The number of aldehydes is 1. The molecule has 0 bridgehead atoms. The summed E-state index contributed by atoms with van der Waals surface area (Å²) in [6, 6.07) is -1.76. The highest BCUT2D eigenvalue weighted by Crippen LogP contribution is 2.35. The number of carbonyl (C=O) groups is 2. The van der Waals surface area contributed by atoms with Crippen LogP contribution in [0.5, 0.6) is 0 Å². The SMILES string of the molecule is CC(=O)N[C@H]1[C@H](O[C@H]2[C@@H](O)[C@@H](CO)O[C@@H](O[C@@H]([C@H](O)[C@@H](O)C=O)[C@H](O)CO)[C@@H]2O)O[C@H](CO)[C@@H](O[C@@H]2O[C@H](CO)[C@H](O)[C@H](O[C@H]3O[C@H](CO)[C@H](O)[C@H](O)[C@H]3O)[C@H]2O)[C@@H]1O. The summed E-state index contributed by atoms with van der Waals surface area (Å²) in [6.45, 7) is -3.94. The molecule has 4 fully saturated rings. The zero-order chi connectivity index (χ0) is 44.0. The zero-order valence-electron chi connectivity index (χ0n) is 31.2. The van der Waals surface area contributed by atoms with Gasteiger partial charge in [-0.1, -0.05) is 0 Å². The van der Waals surface area contributed by atoms with Crippen molar-refractivity contribution >= 4 is 12.2 Å². The fourth-order valence-electron chi connectivity index (χ4n) is 6.97. The molecule has 27 nitrogen and oxygen atoms in total. The van der Waals surface area contributed by atoms with Gasteiger partial charge in [0.1, 0.15) is 122 Å². The molecule has 4 saturated heterocycles. The lowest BCUT2D eigenvalue weighted by molar-refractivity contribution is -0.383. The van der Waals surface area contributed by atoms with Gasteiger partial charge in [0.25, 0.3) is 0 Å². The molecule has 1 amide bonds. The number of nitrogens with one attached hydrogen (secondary N) is 1. The fourth-order valence-corrected chi connectivity index (χ4v) is 6.97. The highest BCUT2D eigenvalue weighted by molar-refractivity contribution is 5.73. The van der Waals surface area contributed by atoms with Gasteiger partial charge in [-0.05, 0) is 0 Å². The Hall–Kier alpha value is -1.82. The van der Waals surface area contributed by atoms with Crippen molar-refractivity contribution in [1.29, 1.82) is 0 Å². The molecular formula is C32H55NO26. The summed E-state index contributed by atoms with van der Waals surface area (Å²) >= 11 is 0. The van der Waals surface area contributed by atoms with Crippen LogP contribution in [-0.4, -0.2) is 274 Å². The van der Waals surface area contributed by atoms with E-state index in [2.05, 4.69) is 5.32 Å². The van der Waals surface area contributed by atoms with E-state index in [0.717, 1.165) is 6.92 Å². The Balaban J connectivity index is 1.58. The Kier molecular flexibility index (Phi) is 18.6. The van der Waals surface area contributed by atoms with E-state index in [4.69, 9.17) is 37.9 Å². The van der Waals surface area contributed by atoms with Crippen molar-refractivity contribution in [3.8, 4) is 0 Å². The number of aliphatic hydroxyl groups excluding tert-OH is 16. The molecule has 4 heterocycles. The van der Waals surface area contributed by atoms with E-state index in [1.807, 2.05) is 0 Å². The summed E-state index contributed by atoms with van der Waals surface area (Å²) in [7, 11) is 0. The third kappa shape index (κ3) is 11.0. The van der Waals surface area contributed by atoms with Gasteiger partial charge >= 0.3 is 0 Å². The molecule has 59 heavy (non-hydrogen) atoms. The standard InChI is InChI=1S/C32H55NO26/c1-8(40)33-15-20(47)26(57-32-24(51)28(19(46)13(6-38)54-32)59-30-22(49)21(48)17(44)11(4-36)52-30)14(7-39)55-29(15)58-27-18(45)12(5-37)53-31(23(27)50)56-25(10(42)3-35)16(43)9(41)2-34/h2,9-32,35-39,41-51H,3-7H2,1H3,(H,33,40)/t9-,10+,11+,12+,13+,14+,15+,16+,17-,18-,19-,20+,21-,22+,23+,24+,25+,26+,27-,28-,29-,30+,31-,32-/m0/s1. The first kappa shape index (κ1) is 49.8. The Morgan fingerprint density at radius 3 is 1.51 bits per heavy atom. The van der Waals surface area contributed by atoms with Crippen LogP contribution < -0.4 is 5.32 Å². The number of carbonyl (C=O) groups excluding carboxylic acids is 2. The van der Waals surface area contributed by atoms with E-state index in [1.54, 1.807) is 0 Å². The molecule has 0 unspecified atom stereocenters. The summed E-state index contributed by atoms with van der Waals surface area (Å²) in [5.74, 6) is -0.844. The molecule has 4 aliphatic rings. The minimum atomic E-state index is -2.22.